The minimum Gasteiger partial charge on any atom is -0.411 e. The molecule has 0 heterocycles. The SMILES string of the molecule is CC(CC(C)(C)N)=NO.CC(CC(C)(C)N)=NO.CC(CC(C)(C)N)=NO.CC(CC(C)(C)N)=NO.[Cu+].[Cu+]. The molecule has 38 heavy (non-hydrogen) atoms. The third-order valence-electron chi connectivity index (χ3n) is 3.53. The third kappa shape index (κ3) is 55.3. The average molecular weight is 648 g/mol. The van der Waals surface area contributed by atoms with Gasteiger partial charge in [0.25, 0.3) is 0 Å². The van der Waals surface area contributed by atoms with Crippen molar-refractivity contribution in [3.63, 3.8) is 0 Å². The van der Waals surface area contributed by atoms with Gasteiger partial charge in [0.1, 0.15) is 0 Å². The molecule has 0 bridgehead atoms. The summed E-state index contributed by atoms with van der Waals surface area (Å²) >= 11 is 0. The second-order valence-corrected chi connectivity index (χ2v) is 12.0. The first-order chi connectivity index (χ1) is 15.8. The predicted octanol–water partition coefficient (Wildman–Crippen LogP) is 3.85. The van der Waals surface area contributed by atoms with Gasteiger partial charge in [-0.2, -0.15) is 0 Å². The van der Waals surface area contributed by atoms with E-state index in [4.69, 9.17) is 43.8 Å². The number of hydrogen-bond donors (Lipinski definition) is 8. The van der Waals surface area contributed by atoms with E-state index in [9.17, 15) is 0 Å². The second kappa shape index (κ2) is 23.6. The van der Waals surface area contributed by atoms with Crippen molar-refractivity contribution < 1.29 is 55.0 Å². The summed E-state index contributed by atoms with van der Waals surface area (Å²) in [6, 6.07) is 0. The summed E-state index contributed by atoms with van der Waals surface area (Å²) in [5.74, 6) is 0. The minimum atomic E-state index is -0.268. The Hall–Kier alpha value is -1.24. The molecule has 0 aromatic carbocycles. The number of nitrogens with two attached hydrogens (primary N) is 4. The molecule has 0 aliphatic carbocycles. The molecule has 0 radical (unpaired) electrons. The molecular weight excluding hydrogens is 591 g/mol. The molecule has 0 aliphatic rings. The van der Waals surface area contributed by atoms with Crippen LogP contribution in [0.5, 0.6) is 0 Å². The smallest absolute Gasteiger partial charge is 0.411 e. The van der Waals surface area contributed by atoms with Gasteiger partial charge in [-0.1, -0.05) is 20.6 Å². The van der Waals surface area contributed by atoms with E-state index in [-0.39, 0.29) is 56.3 Å². The molecule has 0 fully saturated rings. The summed E-state index contributed by atoms with van der Waals surface area (Å²) in [5.41, 5.74) is 24.1. The van der Waals surface area contributed by atoms with E-state index in [0.29, 0.717) is 48.5 Å². The van der Waals surface area contributed by atoms with Crippen molar-refractivity contribution in [2.45, 2.75) is 131 Å². The van der Waals surface area contributed by atoms with Crippen LogP contribution in [0.2, 0.25) is 0 Å². The zero-order chi connectivity index (χ0) is 30.0. The van der Waals surface area contributed by atoms with Gasteiger partial charge >= 0.3 is 34.1 Å². The van der Waals surface area contributed by atoms with Gasteiger partial charge in [0.05, 0.1) is 22.8 Å². The van der Waals surface area contributed by atoms with Crippen molar-refractivity contribution in [2.75, 3.05) is 0 Å². The first-order valence-electron chi connectivity index (χ1n) is 11.7. The van der Waals surface area contributed by atoms with Crippen LogP contribution in [0.25, 0.3) is 0 Å². The fourth-order valence-electron chi connectivity index (χ4n) is 2.78. The molecule has 0 rings (SSSR count). The Kier molecular flexibility index (Phi) is 30.9. The van der Waals surface area contributed by atoms with Gasteiger partial charge in [-0.05, 0) is 83.1 Å². The topological polar surface area (TPSA) is 234 Å². The van der Waals surface area contributed by atoms with Gasteiger partial charge in [-0.15, -0.1) is 0 Å². The van der Waals surface area contributed by atoms with Gasteiger partial charge in [-0.25, -0.2) is 0 Å². The summed E-state index contributed by atoms with van der Waals surface area (Å²) in [5, 5.41) is 45.0. The molecule has 0 amide bonds. The molecule has 0 saturated heterocycles. The summed E-state index contributed by atoms with van der Waals surface area (Å²) in [6.45, 7) is 22.1. The summed E-state index contributed by atoms with van der Waals surface area (Å²) < 4.78 is 0. The maximum atomic E-state index is 8.23. The molecule has 0 atom stereocenters. The zero-order valence-electron chi connectivity index (χ0n) is 25.3. The van der Waals surface area contributed by atoms with Crippen LogP contribution in [-0.2, 0) is 34.1 Å². The van der Waals surface area contributed by atoms with Crippen LogP contribution >= 0.6 is 0 Å². The van der Waals surface area contributed by atoms with Crippen molar-refractivity contribution in [1.82, 2.24) is 0 Å². The van der Waals surface area contributed by atoms with Crippen molar-refractivity contribution in [3.05, 3.63) is 0 Å². The Bertz CT molecular complexity index is 582. The van der Waals surface area contributed by atoms with E-state index in [0.717, 1.165) is 0 Å². The Balaban J connectivity index is -0.0000000883. The Morgan fingerprint density at radius 1 is 0.421 bits per heavy atom. The van der Waals surface area contributed by atoms with E-state index in [1.54, 1.807) is 27.7 Å². The Labute approximate surface area is 251 Å². The van der Waals surface area contributed by atoms with Gasteiger partial charge in [0.15, 0.2) is 0 Å². The summed E-state index contributed by atoms with van der Waals surface area (Å²) in [7, 11) is 0. The molecule has 14 heteroatoms. The standard InChI is InChI=1S/4C6H14N2O.2Cu/c4*1-5(8-9)4-6(2,3)7;;/h4*9H,4,7H2,1-3H3;;/q;;;;2*+1. The number of hydrogen-bond acceptors (Lipinski definition) is 12. The van der Waals surface area contributed by atoms with Gasteiger partial charge in [0, 0.05) is 47.8 Å². The molecule has 12 N–H and O–H groups in total. The van der Waals surface area contributed by atoms with E-state index < -0.39 is 0 Å². The first-order valence-corrected chi connectivity index (χ1v) is 11.7. The Morgan fingerprint density at radius 3 is 0.553 bits per heavy atom. The van der Waals surface area contributed by atoms with Crippen LogP contribution in [0, 0.1) is 0 Å². The quantitative estimate of drug-likeness (QED) is 0.0832. The predicted molar refractivity (Wildman–Crippen MR) is 151 cm³/mol. The third-order valence-corrected chi connectivity index (χ3v) is 3.53. The molecular formula is C24H56Cu2N8O4+2. The maximum absolute atomic E-state index is 8.23. The van der Waals surface area contributed by atoms with Crippen molar-refractivity contribution in [2.24, 2.45) is 43.6 Å². The summed E-state index contributed by atoms with van der Waals surface area (Å²) in [4.78, 5) is 0. The van der Waals surface area contributed by atoms with E-state index >= 15 is 0 Å². The minimum absolute atomic E-state index is 0. The van der Waals surface area contributed by atoms with Crippen LogP contribution in [0.3, 0.4) is 0 Å². The normalized spacial score (nSPS) is 13.3. The van der Waals surface area contributed by atoms with Crippen LogP contribution in [-0.4, -0.2) is 65.8 Å². The zero-order valence-corrected chi connectivity index (χ0v) is 27.2. The van der Waals surface area contributed by atoms with Crippen LogP contribution in [0.1, 0.15) is 109 Å². The monoisotopic (exact) mass is 646 g/mol. The summed E-state index contributed by atoms with van der Waals surface area (Å²) in [6.07, 6.45) is 2.51. The average Bonchev–Trinajstić information content (AvgIpc) is 2.64. The molecule has 0 aliphatic heterocycles. The fraction of sp³-hybridized carbons (Fsp3) is 0.833. The molecule has 0 unspecified atom stereocenters. The van der Waals surface area contributed by atoms with Crippen molar-refractivity contribution in [1.29, 1.82) is 0 Å². The van der Waals surface area contributed by atoms with E-state index in [2.05, 4.69) is 20.6 Å². The molecule has 0 spiro atoms. The van der Waals surface area contributed by atoms with Crippen molar-refractivity contribution in [3.8, 4) is 0 Å². The molecule has 0 aromatic heterocycles. The molecule has 236 valence electrons. The molecule has 0 saturated carbocycles. The molecule has 12 nitrogen and oxygen atoms in total. The van der Waals surface area contributed by atoms with Crippen LogP contribution < -0.4 is 22.9 Å². The van der Waals surface area contributed by atoms with Gasteiger partial charge in [0.2, 0.25) is 0 Å². The van der Waals surface area contributed by atoms with Crippen molar-refractivity contribution >= 4 is 22.8 Å². The van der Waals surface area contributed by atoms with E-state index in [1.165, 1.54) is 0 Å². The van der Waals surface area contributed by atoms with E-state index in [1.807, 2.05) is 55.4 Å². The number of oxime groups is 4. The Morgan fingerprint density at radius 2 is 0.526 bits per heavy atom. The molecule has 0 aromatic rings. The number of rotatable bonds is 8. The van der Waals surface area contributed by atoms with Gasteiger partial charge in [-0.3, -0.25) is 0 Å². The number of nitrogens with zero attached hydrogens (tertiary/aromatic N) is 4. The largest absolute Gasteiger partial charge is 1.00 e. The van der Waals surface area contributed by atoms with Crippen LogP contribution in [0.4, 0.5) is 0 Å². The maximum Gasteiger partial charge on any atom is 1.00 e. The van der Waals surface area contributed by atoms with Crippen LogP contribution in [0.15, 0.2) is 20.6 Å². The first kappa shape index (κ1) is 49.7. The van der Waals surface area contributed by atoms with Gasteiger partial charge < -0.3 is 43.8 Å². The fourth-order valence-corrected chi connectivity index (χ4v) is 2.78. The second-order valence-electron chi connectivity index (χ2n) is 12.0.